The van der Waals surface area contributed by atoms with Gasteiger partial charge in [0, 0.05) is 37.8 Å². The lowest BCUT2D eigenvalue weighted by atomic mass is 10.2. The Morgan fingerprint density at radius 2 is 1.84 bits per heavy atom. The Hall–Kier alpha value is -3.24. The first kappa shape index (κ1) is 23.4. The van der Waals surface area contributed by atoms with Crippen LogP contribution in [0.4, 0.5) is 11.4 Å². The summed E-state index contributed by atoms with van der Waals surface area (Å²) in [6.45, 7) is 3.69. The Morgan fingerprint density at radius 1 is 1.12 bits per heavy atom. The van der Waals surface area contributed by atoms with Crippen molar-refractivity contribution in [3.05, 3.63) is 54.1 Å². The topological polar surface area (TPSA) is 125 Å². The fourth-order valence-corrected chi connectivity index (χ4v) is 4.58. The number of sulfonamides is 1. The Bertz CT molecular complexity index is 1120. The minimum absolute atomic E-state index is 0.0192. The van der Waals surface area contributed by atoms with Gasteiger partial charge in [0.25, 0.3) is 0 Å². The first-order chi connectivity index (χ1) is 15.2. The van der Waals surface area contributed by atoms with Crippen molar-refractivity contribution in [1.29, 1.82) is 0 Å². The van der Waals surface area contributed by atoms with Crippen LogP contribution in [-0.4, -0.2) is 38.7 Å². The minimum atomic E-state index is -3.92. The summed E-state index contributed by atoms with van der Waals surface area (Å²) in [5.74, 6) is -0.660. The van der Waals surface area contributed by atoms with Gasteiger partial charge in [-0.3, -0.25) is 14.4 Å². The Balaban J connectivity index is 1.57. The predicted molar refractivity (Wildman–Crippen MR) is 120 cm³/mol. The zero-order chi connectivity index (χ0) is 23.3. The molecule has 0 aliphatic carbocycles. The van der Waals surface area contributed by atoms with Crippen molar-refractivity contribution in [2.24, 2.45) is 0 Å². The van der Waals surface area contributed by atoms with Crippen molar-refractivity contribution in [3.8, 4) is 0 Å². The Morgan fingerprint density at radius 3 is 2.47 bits per heavy atom. The van der Waals surface area contributed by atoms with Gasteiger partial charge in [0.2, 0.25) is 27.7 Å². The van der Waals surface area contributed by atoms with Crippen LogP contribution in [0.25, 0.3) is 0 Å². The Labute approximate surface area is 187 Å². The molecule has 0 saturated carbocycles. The lowest BCUT2D eigenvalue weighted by Crippen LogP contribution is -2.44. The fourth-order valence-electron chi connectivity index (χ4n) is 3.37. The highest BCUT2D eigenvalue weighted by Gasteiger charge is 2.23. The van der Waals surface area contributed by atoms with E-state index in [4.69, 9.17) is 0 Å². The second-order valence-corrected chi connectivity index (χ2v) is 9.30. The van der Waals surface area contributed by atoms with Crippen LogP contribution in [0.5, 0.6) is 0 Å². The van der Waals surface area contributed by atoms with Gasteiger partial charge in [-0.2, -0.15) is 4.72 Å². The molecule has 1 fully saturated rings. The van der Waals surface area contributed by atoms with Gasteiger partial charge in [0.15, 0.2) is 0 Å². The molecule has 3 N–H and O–H groups in total. The van der Waals surface area contributed by atoms with Crippen molar-refractivity contribution in [2.45, 2.75) is 44.2 Å². The highest BCUT2D eigenvalue weighted by Crippen LogP contribution is 2.22. The predicted octanol–water partition coefficient (Wildman–Crippen LogP) is 1.75. The summed E-state index contributed by atoms with van der Waals surface area (Å²) in [5, 5.41) is 5.27. The third kappa shape index (κ3) is 5.92. The molecule has 10 heteroatoms. The molecule has 0 bridgehead atoms. The maximum atomic E-state index is 12.6. The van der Waals surface area contributed by atoms with Crippen LogP contribution in [0.1, 0.15) is 32.3 Å². The molecule has 170 valence electrons. The number of benzene rings is 2. The van der Waals surface area contributed by atoms with Gasteiger partial charge in [0.1, 0.15) is 0 Å². The SMILES string of the molecule is CC(=O)Nc1ccc(S(=O)(=O)N[C@@H](C)C(=O)NCc2cccc(N3CCCC3=O)c2)cc1. The summed E-state index contributed by atoms with van der Waals surface area (Å²) in [6, 6.07) is 12.0. The lowest BCUT2D eigenvalue weighted by molar-refractivity contribution is -0.122. The van der Waals surface area contributed by atoms with E-state index in [-0.39, 0.29) is 23.3 Å². The van der Waals surface area contributed by atoms with Crippen molar-refractivity contribution < 1.29 is 22.8 Å². The van der Waals surface area contributed by atoms with E-state index < -0.39 is 22.0 Å². The molecule has 0 aromatic heterocycles. The average Bonchev–Trinajstić information content (AvgIpc) is 3.17. The second-order valence-electron chi connectivity index (χ2n) is 7.59. The number of nitrogens with zero attached hydrogens (tertiary/aromatic N) is 1. The van der Waals surface area contributed by atoms with Gasteiger partial charge in [-0.25, -0.2) is 8.42 Å². The molecule has 2 aromatic carbocycles. The molecular formula is C22H26N4O5S. The van der Waals surface area contributed by atoms with Gasteiger partial charge in [-0.1, -0.05) is 12.1 Å². The van der Waals surface area contributed by atoms with E-state index >= 15 is 0 Å². The number of carbonyl (C=O) groups is 3. The monoisotopic (exact) mass is 458 g/mol. The normalized spacial score (nSPS) is 14.8. The summed E-state index contributed by atoms with van der Waals surface area (Å²) in [4.78, 5) is 37.2. The van der Waals surface area contributed by atoms with Crippen molar-refractivity contribution >= 4 is 39.1 Å². The first-order valence-corrected chi connectivity index (χ1v) is 11.7. The summed E-state index contributed by atoms with van der Waals surface area (Å²) in [5.41, 5.74) is 2.06. The molecule has 1 aliphatic heterocycles. The molecule has 0 radical (unpaired) electrons. The molecule has 0 spiro atoms. The molecular weight excluding hydrogens is 432 g/mol. The largest absolute Gasteiger partial charge is 0.351 e. The molecule has 1 atom stereocenters. The highest BCUT2D eigenvalue weighted by molar-refractivity contribution is 7.89. The van der Waals surface area contributed by atoms with Gasteiger partial charge >= 0.3 is 0 Å². The lowest BCUT2D eigenvalue weighted by Gasteiger charge is -2.17. The quantitative estimate of drug-likeness (QED) is 0.556. The molecule has 32 heavy (non-hydrogen) atoms. The van der Waals surface area contributed by atoms with Crippen molar-refractivity contribution in [3.63, 3.8) is 0 Å². The number of carbonyl (C=O) groups excluding carboxylic acids is 3. The van der Waals surface area contributed by atoms with E-state index in [1.165, 1.54) is 38.1 Å². The maximum absolute atomic E-state index is 12.6. The molecule has 1 saturated heterocycles. The fraction of sp³-hybridized carbons (Fsp3) is 0.318. The number of rotatable bonds is 8. The Kier molecular flexibility index (Phi) is 7.26. The molecule has 9 nitrogen and oxygen atoms in total. The number of hydrogen-bond donors (Lipinski definition) is 3. The third-order valence-electron chi connectivity index (χ3n) is 4.97. The van der Waals surface area contributed by atoms with Crippen LogP contribution < -0.4 is 20.3 Å². The third-order valence-corrected chi connectivity index (χ3v) is 6.53. The van der Waals surface area contributed by atoms with Gasteiger partial charge in [0.05, 0.1) is 10.9 Å². The van der Waals surface area contributed by atoms with Gasteiger partial charge in [-0.15, -0.1) is 0 Å². The van der Waals surface area contributed by atoms with E-state index in [9.17, 15) is 22.8 Å². The molecule has 0 unspecified atom stereocenters. The highest BCUT2D eigenvalue weighted by atomic mass is 32.2. The molecule has 1 aliphatic rings. The van der Waals surface area contributed by atoms with E-state index in [0.717, 1.165) is 17.7 Å². The molecule has 3 amide bonds. The van der Waals surface area contributed by atoms with Gasteiger partial charge < -0.3 is 15.5 Å². The zero-order valence-electron chi connectivity index (χ0n) is 17.9. The van der Waals surface area contributed by atoms with Crippen LogP contribution in [0.2, 0.25) is 0 Å². The average molecular weight is 459 g/mol. The second kappa shape index (κ2) is 9.92. The molecule has 1 heterocycles. The number of amides is 3. The van der Waals surface area contributed by atoms with Gasteiger partial charge in [-0.05, 0) is 55.3 Å². The summed E-state index contributed by atoms with van der Waals surface area (Å²) >= 11 is 0. The standard InChI is InChI=1S/C22H26N4O5S/c1-15(25-32(30,31)20-10-8-18(9-11-20)24-16(2)27)22(29)23-14-17-5-3-6-19(13-17)26-12-4-7-21(26)28/h3,5-6,8-11,13,15,25H,4,7,12,14H2,1-2H3,(H,23,29)(H,24,27)/t15-/m0/s1. The smallest absolute Gasteiger partial charge is 0.241 e. The van der Waals surface area contributed by atoms with E-state index in [0.29, 0.717) is 18.7 Å². The molecule has 3 rings (SSSR count). The first-order valence-electron chi connectivity index (χ1n) is 10.2. The van der Waals surface area contributed by atoms with Crippen LogP contribution in [0.15, 0.2) is 53.4 Å². The summed E-state index contributed by atoms with van der Waals surface area (Å²) in [7, 11) is -3.92. The van der Waals surface area contributed by atoms with Crippen LogP contribution in [-0.2, 0) is 31.0 Å². The summed E-state index contributed by atoms with van der Waals surface area (Å²) < 4.78 is 27.5. The number of anilines is 2. The van der Waals surface area contributed by atoms with Crippen molar-refractivity contribution in [2.75, 3.05) is 16.8 Å². The maximum Gasteiger partial charge on any atom is 0.241 e. The van der Waals surface area contributed by atoms with Crippen LogP contribution >= 0.6 is 0 Å². The number of nitrogens with one attached hydrogen (secondary N) is 3. The minimum Gasteiger partial charge on any atom is -0.351 e. The van der Waals surface area contributed by atoms with E-state index in [2.05, 4.69) is 15.4 Å². The van der Waals surface area contributed by atoms with E-state index in [1.807, 2.05) is 24.3 Å². The zero-order valence-corrected chi connectivity index (χ0v) is 18.7. The van der Waals surface area contributed by atoms with Crippen molar-refractivity contribution in [1.82, 2.24) is 10.0 Å². The van der Waals surface area contributed by atoms with Crippen LogP contribution in [0, 0.1) is 0 Å². The number of hydrogen-bond acceptors (Lipinski definition) is 5. The molecule has 2 aromatic rings. The van der Waals surface area contributed by atoms with E-state index in [1.54, 1.807) is 4.90 Å². The summed E-state index contributed by atoms with van der Waals surface area (Å²) in [6.07, 6.45) is 1.36. The van der Waals surface area contributed by atoms with Crippen LogP contribution in [0.3, 0.4) is 0 Å².